The van der Waals surface area contributed by atoms with Gasteiger partial charge in [-0.05, 0) is 25.8 Å². The van der Waals surface area contributed by atoms with E-state index < -0.39 is 0 Å². The van der Waals surface area contributed by atoms with E-state index in [1.165, 1.54) is 6.42 Å². The second kappa shape index (κ2) is 7.50. The molecule has 0 aliphatic carbocycles. The van der Waals surface area contributed by atoms with Crippen LogP contribution in [0.4, 0.5) is 0 Å². The highest BCUT2D eigenvalue weighted by Gasteiger charge is 2.23. The van der Waals surface area contributed by atoms with Crippen molar-refractivity contribution in [2.24, 2.45) is 10.9 Å². The van der Waals surface area contributed by atoms with Gasteiger partial charge in [0, 0.05) is 25.6 Å². The largest absolute Gasteiger partial charge is 0.409 e. The van der Waals surface area contributed by atoms with Crippen molar-refractivity contribution in [1.29, 1.82) is 0 Å². The first-order chi connectivity index (χ1) is 8.21. The Kier molecular flexibility index (Phi) is 6.29. The van der Waals surface area contributed by atoms with Gasteiger partial charge in [-0.25, -0.2) is 0 Å². The van der Waals surface area contributed by atoms with E-state index in [0.29, 0.717) is 24.4 Å². The summed E-state index contributed by atoms with van der Waals surface area (Å²) in [5.74, 6) is 0.308. The van der Waals surface area contributed by atoms with Crippen molar-refractivity contribution in [3.8, 4) is 0 Å². The number of nitrogens with two attached hydrogens (primary N) is 1. The fraction of sp³-hybridized carbons (Fsp3) is 0.917. The van der Waals surface area contributed by atoms with Gasteiger partial charge in [-0.15, -0.1) is 0 Å². The third kappa shape index (κ3) is 4.52. The topological polar surface area (TPSA) is 71.1 Å². The lowest BCUT2D eigenvalue weighted by Gasteiger charge is -2.31. The molecular formula is C12H25N3O2. The number of likely N-dealkylation sites (N-methyl/N-ethyl adjacent to an activating group) is 1. The fourth-order valence-corrected chi connectivity index (χ4v) is 2.40. The second-order valence-corrected chi connectivity index (χ2v) is 4.58. The minimum absolute atomic E-state index is 0.308. The van der Waals surface area contributed by atoms with Gasteiger partial charge in [0.15, 0.2) is 0 Å². The van der Waals surface area contributed by atoms with Crippen LogP contribution in [0.15, 0.2) is 5.16 Å². The molecule has 3 N–H and O–H groups in total. The summed E-state index contributed by atoms with van der Waals surface area (Å²) in [6.45, 7) is 7.08. The Bertz CT molecular complexity index is 240. The van der Waals surface area contributed by atoms with Crippen LogP contribution in [0.1, 0.15) is 39.5 Å². The molecule has 1 aliphatic rings. The average Bonchev–Trinajstić information content (AvgIpc) is 2.85. The molecule has 0 aromatic heterocycles. The standard InChI is InChI=1S/C12H25N3O2/c1-3-10(8-12(13)14-16)15(4-2)9-11-6-5-7-17-11/h10-11,16H,3-9H2,1-2H3,(H2,13,14). The number of ether oxygens (including phenoxy) is 1. The highest BCUT2D eigenvalue weighted by molar-refractivity contribution is 5.80. The zero-order chi connectivity index (χ0) is 12.7. The minimum Gasteiger partial charge on any atom is -0.409 e. The summed E-state index contributed by atoms with van der Waals surface area (Å²) < 4.78 is 5.66. The first kappa shape index (κ1) is 14.3. The van der Waals surface area contributed by atoms with Crippen molar-refractivity contribution in [2.75, 3.05) is 19.7 Å². The Hall–Kier alpha value is -0.810. The molecule has 1 rings (SSSR count). The van der Waals surface area contributed by atoms with E-state index in [4.69, 9.17) is 15.7 Å². The van der Waals surface area contributed by atoms with Crippen LogP contribution in [-0.2, 0) is 4.74 Å². The van der Waals surface area contributed by atoms with Crippen molar-refractivity contribution in [3.63, 3.8) is 0 Å². The molecule has 1 aliphatic heterocycles. The first-order valence-corrected chi connectivity index (χ1v) is 6.53. The van der Waals surface area contributed by atoms with Gasteiger partial charge < -0.3 is 15.7 Å². The molecule has 0 aromatic rings. The molecule has 1 saturated heterocycles. The van der Waals surface area contributed by atoms with E-state index in [2.05, 4.69) is 23.9 Å². The highest BCUT2D eigenvalue weighted by Crippen LogP contribution is 2.17. The van der Waals surface area contributed by atoms with Gasteiger partial charge in [0.2, 0.25) is 0 Å². The monoisotopic (exact) mass is 243 g/mol. The number of amidine groups is 1. The smallest absolute Gasteiger partial charge is 0.140 e. The van der Waals surface area contributed by atoms with Crippen molar-refractivity contribution >= 4 is 5.84 Å². The van der Waals surface area contributed by atoms with Gasteiger partial charge in [-0.2, -0.15) is 0 Å². The minimum atomic E-state index is 0.308. The predicted octanol–water partition coefficient (Wildman–Crippen LogP) is 1.40. The maximum atomic E-state index is 8.64. The zero-order valence-electron chi connectivity index (χ0n) is 10.9. The molecule has 1 heterocycles. The van der Waals surface area contributed by atoms with Crippen LogP contribution in [0.2, 0.25) is 0 Å². The summed E-state index contributed by atoms with van der Waals surface area (Å²) in [6.07, 6.45) is 4.29. The van der Waals surface area contributed by atoms with Gasteiger partial charge >= 0.3 is 0 Å². The van der Waals surface area contributed by atoms with Gasteiger partial charge in [-0.3, -0.25) is 4.90 Å². The molecule has 0 amide bonds. The molecule has 100 valence electrons. The summed E-state index contributed by atoms with van der Waals surface area (Å²) in [4.78, 5) is 2.37. The Balaban J connectivity index is 2.49. The molecule has 17 heavy (non-hydrogen) atoms. The van der Waals surface area contributed by atoms with E-state index >= 15 is 0 Å². The zero-order valence-corrected chi connectivity index (χ0v) is 10.9. The molecule has 2 atom stereocenters. The summed E-state index contributed by atoms with van der Waals surface area (Å²) in [5, 5.41) is 11.7. The summed E-state index contributed by atoms with van der Waals surface area (Å²) in [7, 11) is 0. The van der Waals surface area contributed by atoms with Crippen molar-refractivity contribution < 1.29 is 9.94 Å². The van der Waals surface area contributed by atoms with Crippen molar-refractivity contribution in [3.05, 3.63) is 0 Å². The summed E-state index contributed by atoms with van der Waals surface area (Å²) >= 11 is 0. The quantitative estimate of drug-likeness (QED) is 0.307. The molecule has 1 fully saturated rings. The normalized spacial score (nSPS) is 23.2. The SMILES string of the molecule is CCC(C/C(N)=N/O)N(CC)CC1CCCO1. The highest BCUT2D eigenvalue weighted by atomic mass is 16.5. The van der Waals surface area contributed by atoms with Crippen LogP contribution in [-0.4, -0.2) is 47.8 Å². The van der Waals surface area contributed by atoms with Crippen LogP contribution in [0.25, 0.3) is 0 Å². The van der Waals surface area contributed by atoms with Gasteiger partial charge in [0.05, 0.1) is 6.10 Å². The number of hydrogen-bond donors (Lipinski definition) is 2. The van der Waals surface area contributed by atoms with E-state index in [1.54, 1.807) is 0 Å². The average molecular weight is 243 g/mol. The Morgan fingerprint density at radius 3 is 2.82 bits per heavy atom. The van der Waals surface area contributed by atoms with Gasteiger partial charge in [-0.1, -0.05) is 19.0 Å². The summed E-state index contributed by atoms with van der Waals surface area (Å²) in [5.41, 5.74) is 5.59. The molecule has 0 aromatic carbocycles. The molecule has 0 bridgehead atoms. The van der Waals surface area contributed by atoms with Crippen molar-refractivity contribution in [2.45, 2.75) is 51.7 Å². The van der Waals surface area contributed by atoms with Crippen LogP contribution < -0.4 is 5.73 Å². The molecule has 2 unspecified atom stereocenters. The Morgan fingerprint density at radius 2 is 2.35 bits per heavy atom. The number of hydrogen-bond acceptors (Lipinski definition) is 4. The van der Waals surface area contributed by atoms with Gasteiger partial charge in [0.1, 0.15) is 5.84 Å². The molecule has 0 radical (unpaired) electrons. The lowest BCUT2D eigenvalue weighted by Crippen LogP contribution is -2.42. The fourth-order valence-electron chi connectivity index (χ4n) is 2.40. The Labute approximate surface area is 104 Å². The second-order valence-electron chi connectivity index (χ2n) is 4.58. The lowest BCUT2D eigenvalue weighted by atomic mass is 10.1. The number of oxime groups is 1. The van der Waals surface area contributed by atoms with Crippen LogP contribution in [0, 0.1) is 0 Å². The maximum Gasteiger partial charge on any atom is 0.140 e. The molecule has 5 heteroatoms. The molecule has 0 saturated carbocycles. The predicted molar refractivity (Wildman–Crippen MR) is 68.3 cm³/mol. The third-order valence-electron chi connectivity index (χ3n) is 3.43. The van der Waals surface area contributed by atoms with Gasteiger partial charge in [0.25, 0.3) is 0 Å². The first-order valence-electron chi connectivity index (χ1n) is 6.53. The van der Waals surface area contributed by atoms with E-state index in [9.17, 15) is 0 Å². The van der Waals surface area contributed by atoms with E-state index in [-0.39, 0.29) is 0 Å². The van der Waals surface area contributed by atoms with E-state index in [0.717, 1.165) is 32.5 Å². The van der Waals surface area contributed by atoms with Crippen LogP contribution >= 0.6 is 0 Å². The molecular weight excluding hydrogens is 218 g/mol. The van der Waals surface area contributed by atoms with Crippen LogP contribution in [0.5, 0.6) is 0 Å². The Morgan fingerprint density at radius 1 is 1.59 bits per heavy atom. The summed E-state index contributed by atoms with van der Waals surface area (Å²) in [6, 6.07) is 0.333. The molecule has 0 spiro atoms. The van der Waals surface area contributed by atoms with Crippen molar-refractivity contribution in [1.82, 2.24) is 4.90 Å². The maximum absolute atomic E-state index is 8.64. The van der Waals surface area contributed by atoms with E-state index in [1.807, 2.05) is 0 Å². The van der Waals surface area contributed by atoms with Crippen LogP contribution in [0.3, 0.4) is 0 Å². The molecule has 5 nitrogen and oxygen atoms in total. The number of rotatable bonds is 7. The lowest BCUT2D eigenvalue weighted by molar-refractivity contribution is 0.0592. The number of nitrogens with zero attached hydrogens (tertiary/aromatic N) is 2. The third-order valence-corrected chi connectivity index (χ3v) is 3.43.